The Morgan fingerprint density at radius 3 is 2.28 bits per heavy atom. The van der Waals surface area contributed by atoms with E-state index in [1.165, 1.54) is 0 Å². The first-order chi connectivity index (χ1) is 8.67. The van der Waals surface area contributed by atoms with Crippen LogP contribution in [0.1, 0.15) is 25.2 Å². The van der Waals surface area contributed by atoms with Crippen LogP contribution >= 0.6 is 11.6 Å². The monoisotopic (exact) mass is 275 g/mol. The second-order valence-electron chi connectivity index (χ2n) is 4.10. The molecule has 0 unspecified atom stereocenters. The fourth-order valence-corrected chi connectivity index (χ4v) is 2.26. The first-order valence-corrected chi connectivity index (χ1v) is 6.73. The highest BCUT2D eigenvalue weighted by Gasteiger charge is 2.16. The van der Waals surface area contributed by atoms with Crippen LogP contribution in [0.4, 0.5) is 0 Å². The molecule has 0 saturated carbocycles. The van der Waals surface area contributed by atoms with Crippen LogP contribution in [0.5, 0.6) is 0 Å². The molecule has 0 aliphatic carbocycles. The van der Waals surface area contributed by atoms with Crippen LogP contribution in [0.25, 0.3) is 0 Å². The molecule has 2 N–H and O–H groups in total. The number of aryl methyl sites for hydroxylation is 2. The van der Waals surface area contributed by atoms with Crippen molar-refractivity contribution in [1.82, 2.24) is 14.7 Å². The van der Waals surface area contributed by atoms with E-state index in [4.69, 9.17) is 21.8 Å². The fraction of sp³-hybridized carbons (Fsp3) is 0.750. The number of hydrogen-bond acceptors (Lipinski definition) is 4. The summed E-state index contributed by atoms with van der Waals surface area (Å²) in [6, 6.07) is 0. The second kappa shape index (κ2) is 7.74. The van der Waals surface area contributed by atoms with E-state index in [1.54, 1.807) is 0 Å². The third-order valence-electron chi connectivity index (χ3n) is 2.90. The average Bonchev–Trinajstić information content (AvgIpc) is 2.67. The zero-order valence-corrected chi connectivity index (χ0v) is 11.8. The van der Waals surface area contributed by atoms with E-state index in [0.717, 1.165) is 24.4 Å². The molecular formula is C12H22ClN3O2. The largest absolute Gasteiger partial charge is 0.395 e. The molecule has 0 amide bonds. The van der Waals surface area contributed by atoms with Gasteiger partial charge in [0, 0.05) is 26.2 Å². The van der Waals surface area contributed by atoms with Crippen molar-refractivity contribution in [3.8, 4) is 0 Å². The molecule has 1 aromatic heterocycles. The van der Waals surface area contributed by atoms with Crippen molar-refractivity contribution in [2.24, 2.45) is 0 Å². The number of aromatic nitrogens is 2. The Morgan fingerprint density at radius 1 is 1.22 bits per heavy atom. The highest BCUT2D eigenvalue weighted by Crippen LogP contribution is 2.22. The summed E-state index contributed by atoms with van der Waals surface area (Å²) in [4.78, 5) is 1.97. The molecule has 0 aromatic carbocycles. The standard InChI is InChI=1S/C12H22ClN3O2/c1-3-10-12(13)11(16(4-2)14-10)9-15(5-7-17)6-8-18/h17-18H,3-9H2,1-2H3. The van der Waals surface area contributed by atoms with Crippen LogP contribution in [-0.2, 0) is 19.5 Å². The molecule has 1 aromatic rings. The van der Waals surface area contributed by atoms with E-state index >= 15 is 0 Å². The van der Waals surface area contributed by atoms with Crippen LogP contribution in [0, 0.1) is 0 Å². The van der Waals surface area contributed by atoms with E-state index in [9.17, 15) is 0 Å². The maximum atomic E-state index is 9.01. The predicted molar refractivity (Wildman–Crippen MR) is 71.7 cm³/mol. The third kappa shape index (κ3) is 3.68. The minimum atomic E-state index is 0.0680. The van der Waals surface area contributed by atoms with E-state index in [1.807, 2.05) is 23.4 Å². The van der Waals surface area contributed by atoms with Crippen molar-refractivity contribution in [1.29, 1.82) is 0 Å². The molecule has 1 rings (SSSR count). The van der Waals surface area contributed by atoms with Crippen molar-refractivity contribution < 1.29 is 10.2 Å². The second-order valence-corrected chi connectivity index (χ2v) is 4.48. The lowest BCUT2D eigenvalue weighted by atomic mass is 10.3. The fourth-order valence-electron chi connectivity index (χ4n) is 1.93. The third-order valence-corrected chi connectivity index (χ3v) is 3.34. The number of nitrogens with zero attached hydrogens (tertiary/aromatic N) is 3. The van der Waals surface area contributed by atoms with Gasteiger partial charge < -0.3 is 10.2 Å². The first-order valence-electron chi connectivity index (χ1n) is 6.35. The maximum Gasteiger partial charge on any atom is 0.0863 e. The topological polar surface area (TPSA) is 61.5 Å². The molecule has 5 nitrogen and oxygen atoms in total. The Hall–Kier alpha value is -0.620. The van der Waals surface area contributed by atoms with E-state index in [0.29, 0.717) is 24.7 Å². The van der Waals surface area contributed by atoms with Gasteiger partial charge in [0.25, 0.3) is 0 Å². The number of aliphatic hydroxyl groups is 2. The van der Waals surface area contributed by atoms with Gasteiger partial charge in [-0.05, 0) is 13.3 Å². The molecule has 0 spiro atoms. The normalized spacial score (nSPS) is 11.4. The molecule has 0 bridgehead atoms. The van der Waals surface area contributed by atoms with Crippen molar-refractivity contribution in [3.63, 3.8) is 0 Å². The van der Waals surface area contributed by atoms with Gasteiger partial charge in [-0.1, -0.05) is 18.5 Å². The Kier molecular flexibility index (Phi) is 6.63. The average molecular weight is 276 g/mol. The molecule has 1 heterocycles. The van der Waals surface area contributed by atoms with Crippen LogP contribution in [0.3, 0.4) is 0 Å². The quantitative estimate of drug-likeness (QED) is 0.740. The maximum absolute atomic E-state index is 9.01. The van der Waals surface area contributed by atoms with Crippen molar-refractivity contribution in [2.45, 2.75) is 33.4 Å². The summed E-state index contributed by atoms with van der Waals surface area (Å²) in [5, 5.41) is 23.2. The first kappa shape index (κ1) is 15.4. The summed E-state index contributed by atoms with van der Waals surface area (Å²) in [6.07, 6.45) is 0.804. The number of rotatable bonds is 8. The van der Waals surface area contributed by atoms with Crippen molar-refractivity contribution in [3.05, 3.63) is 16.4 Å². The molecule has 0 fully saturated rings. The zero-order chi connectivity index (χ0) is 13.5. The van der Waals surface area contributed by atoms with E-state index in [-0.39, 0.29) is 13.2 Å². The summed E-state index contributed by atoms with van der Waals surface area (Å²) < 4.78 is 1.89. The molecule has 0 radical (unpaired) electrons. The molecule has 18 heavy (non-hydrogen) atoms. The van der Waals surface area contributed by atoms with Gasteiger partial charge in [-0.3, -0.25) is 9.58 Å². The summed E-state index contributed by atoms with van der Waals surface area (Å²) >= 11 is 6.32. The smallest absolute Gasteiger partial charge is 0.0863 e. The molecule has 0 aliphatic rings. The highest BCUT2D eigenvalue weighted by atomic mass is 35.5. The molecular weight excluding hydrogens is 254 g/mol. The lowest BCUT2D eigenvalue weighted by Gasteiger charge is -2.20. The molecule has 0 aliphatic heterocycles. The highest BCUT2D eigenvalue weighted by molar-refractivity contribution is 6.31. The summed E-state index contributed by atoms with van der Waals surface area (Å²) in [5.41, 5.74) is 1.86. The Morgan fingerprint density at radius 2 is 1.83 bits per heavy atom. The van der Waals surface area contributed by atoms with Gasteiger partial charge in [-0.2, -0.15) is 5.10 Å². The lowest BCUT2D eigenvalue weighted by molar-refractivity contribution is 0.153. The number of aliphatic hydroxyl groups excluding tert-OH is 2. The van der Waals surface area contributed by atoms with Gasteiger partial charge in [0.15, 0.2) is 0 Å². The zero-order valence-electron chi connectivity index (χ0n) is 11.1. The van der Waals surface area contributed by atoms with Crippen LogP contribution in [0.15, 0.2) is 0 Å². The van der Waals surface area contributed by atoms with E-state index in [2.05, 4.69) is 5.10 Å². The lowest BCUT2D eigenvalue weighted by Crippen LogP contribution is -2.30. The molecule has 104 valence electrons. The Balaban J connectivity index is 2.89. The predicted octanol–water partition coefficient (Wildman–Crippen LogP) is 0.905. The van der Waals surface area contributed by atoms with Gasteiger partial charge in [0.2, 0.25) is 0 Å². The van der Waals surface area contributed by atoms with Crippen LogP contribution in [-0.4, -0.2) is 51.2 Å². The SMILES string of the molecule is CCc1nn(CC)c(CN(CCO)CCO)c1Cl. The van der Waals surface area contributed by atoms with Crippen LogP contribution in [0.2, 0.25) is 5.02 Å². The Labute approximate surface area is 113 Å². The minimum absolute atomic E-state index is 0.0680. The minimum Gasteiger partial charge on any atom is -0.395 e. The number of halogens is 1. The Bertz CT molecular complexity index is 362. The van der Waals surface area contributed by atoms with Crippen molar-refractivity contribution in [2.75, 3.05) is 26.3 Å². The van der Waals surface area contributed by atoms with E-state index < -0.39 is 0 Å². The molecule has 0 saturated heterocycles. The molecule has 6 heteroatoms. The van der Waals surface area contributed by atoms with Crippen LogP contribution < -0.4 is 0 Å². The van der Waals surface area contributed by atoms with Crippen molar-refractivity contribution >= 4 is 11.6 Å². The van der Waals surface area contributed by atoms with Gasteiger partial charge >= 0.3 is 0 Å². The summed E-state index contributed by atoms with van der Waals surface area (Å²) in [7, 11) is 0. The number of hydrogen-bond donors (Lipinski definition) is 2. The van der Waals surface area contributed by atoms with Gasteiger partial charge in [0.05, 0.1) is 29.6 Å². The van der Waals surface area contributed by atoms with Gasteiger partial charge in [-0.15, -0.1) is 0 Å². The summed E-state index contributed by atoms with van der Waals surface area (Å²) in [5.74, 6) is 0. The molecule has 0 atom stereocenters. The van der Waals surface area contributed by atoms with Gasteiger partial charge in [0.1, 0.15) is 0 Å². The van der Waals surface area contributed by atoms with Gasteiger partial charge in [-0.25, -0.2) is 0 Å². The summed E-state index contributed by atoms with van der Waals surface area (Å²) in [6.45, 7) is 6.59.